The lowest BCUT2D eigenvalue weighted by molar-refractivity contribution is -0.150. The normalized spacial score (nSPS) is 20.3. The van der Waals surface area contributed by atoms with Crippen LogP contribution in [-0.4, -0.2) is 83.8 Å². The summed E-state index contributed by atoms with van der Waals surface area (Å²) < 4.78 is 0. The third kappa shape index (κ3) is 9.35. The maximum absolute atomic E-state index is 13.7. The number of carbonyl (C=O) groups excluding carboxylic acids is 3. The van der Waals surface area contributed by atoms with Gasteiger partial charge >= 0.3 is 0 Å². The van der Waals surface area contributed by atoms with E-state index in [0.29, 0.717) is 50.2 Å². The molecule has 0 aromatic rings. The number of nitrogens with one attached hydrogen (secondary N) is 1. The molecule has 0 bridgehead atoms. The molecule has 7 heteroatoms. The van der Waals surface area contributed by atoms with Crippen LogP contribution in [-0.2, 0) is 14.4 Å². The van der Waals surface area contributed by atoms with Crippen LogP contribution in [0.4, 0.5) is 0 Å². The fourth-order valence-electron chi connectivity index (χ4n) is 5.53. The van der Waals surface area contributed by atoms with Crippen LogP contribution in [0.1, 0.15) is 99.3 Å². The molecule has 2 rings (SSSR count). The number of piperidine rings is 1. The van der Waals surface area contributed by atoms with Crippen molar-refractivity contribution in [1.29, 1.82) is 0 Å². The van der Waals surface area contributed by atoms with E-state index in [1.165, 1.54) is 0 Å². The highest BCUT2D eigenvalue weighted by Crippen LogP contribution is 2.25. The van der Waals surface area contributed by atoms with Gasteiger partial charge in [0.15, 0.2) is 0 Å². The Bertz CT molecular complexity index is 680. The molecule has 36 heavy (non-hydrogen) atoms. The quantitative estimate of drug-likeness (QED) is 0.381. The van der Waals surface area contributed by atoms with Gasteiger partial charge in [-0.2, -0.15) is 0 Å². The number of likely N-dealkylation sites (tertiary alicyclic amines) is 1. The van der Waals surface area contributed by atoms with E-state index in [2.05, 4.69) is 51.8 Å². The zero-order chi connectivity index (χ0) is 26.7. The Balaban J connectivity index is 1.97. The number of hydrogen-bond donors (Lipinski definition) is 1. The molecule has 2 aliphatic rings. The maximum atomic E-state index is 13.7. The molecule has 0 aromatic heterocycles. The van der Waals surface area contributed by atoms with Crippen molar-refractivity contribution in [2.24, 2.45) is 17.8 Å². The average Bonchev–Trinajstić information content (AvgIpc) is 2.83. The number of carbonyl (C=O) groups is 3. The Morgan fingerprint density at radius 1 is 0.972 bits per heavy atom. The summed E-state index contributed by atoms with van der Waals surface area (Å²) in [6.07, 6.45) is 8.14. The van der Waals surface area contributed by atoms with Crippen LogP contribution in [0.5, 0.6) is 0 Å². The molecule has 0 aliphatic carbocycles. The maximum Gasteiger partial charge on any atom is 0.245 e. The van der Waals surface area contributed by atoms with E-state index in [1.807, 2.05) is 9.80 Å². The lowest BCUT2D eigenvalue weighted by atomic mass is 9.91. The third-order valence-electron chi connectivity index (χ3n) is 7.69. The molecule has 7 nitrogen and oxygen atoms in total. The molecule has 2 aliphatic heterocycles. The van der Waals surface area contributed by atoms with Crippen molar-refractivity contribution < 1.29 is 14.4 Å². The van der Waals surface area contributed by atoms with Gasteiger partial charge in [-0.15, -0.1) is 0 Å². The Morgan fingerprint density at radius 2 is 1.58 bits per heavy atom. The summed E-state index contributed by atoms with van der Waals surface area (Å²) in [5, 5.41) is 3.36. The van der Waals surface area contributed by atoms with E-state index in [4.69, 9.17) is 0 Å². The molecule has 2 saturated heterocycles. The zero-order valence-corrected chi connectivity index (χ0v) is 24.1. The predicted molar refractivity (Wildman–Crippen MR) is 147 cm³/mol. The molecule has 2 atom stereocenters. The molecule has 0 saturated carbocycles. The van der Waals surface area contributed by atoms with Crippen LogP contribution in [0.15, 0.2) is 0 Å². The van der Waals surface area contributed by atoms with Crippen LogP contribution in [0.3, 0.4) is 0 Å². The Kier molecular flexibility index (Phi) is 13.2. The summed E-state index contributed by atoms with van der Waals surface area (Å²) in [5.41, 5.74) is 0. The second kappa shape index (κ2) is 15.6. The highest BCUT2D eigenvalue weighted by atomic mass is 16.2. The summed E-state index contributed by atoms with van der Waals surface area (Å²) in [5.74, 6) is 1.55. The molecule has 0 radical (unpaired) electrons. The number of hydrogen-bond acceptors (Lipinski definition) is 4. The van der Waals surface area contributed by atoms with Gasteiger partial charge in [0.2, 0.25) is 17.7 Å². The van der Waals surface area contributed by atoms with Crippen molar-refractivity contribution in [2.45, 2.75) is 111 Å². The smallest absolute Gasteiger partial charge is 0.245 e. The van der Waals surface area contributed by atoms with Crippen LogP contribution in [0, 0.1) is 17.8 Å². The van der Waals surface area contributed by atoms with Crippen LogP contribution >= 0.6 is 0 Å². The fraction of sp³-hybridized carbons (Fsp3) is 0.897. The van der Waals surface area contributed by atoms with Gasteiger partial charge in [-0.25, -0.2) is 0 Å². The van der Waals surface area contributed by atoms with Crippen molar-refractivity contribution in [3.63, 3.8) is 0 Å². The lowest BCUT2D eigenvalue weighted by Gasteiger charge is -2.42. The predicted octanol–water partition coefficient (Wildman–Crippen LogP) is 4.31. The second-order valence-corrected chi connectivity index (χ2v) is 11.9. The van der Waals surface area contributed by atoms with Crippen molar-refractivity contribution >= 4 is 17.7 Å². The van der Waals surface area contributed by atoms with Crippen molar-refractivity contribution in [3.8, 4) is 0 Å². The first-order valence-corrected chi connectivity index (χ1v) is 14.8. The van der Waals surface area contributed by atoms with Crippen LogP contribution in [0.2, 0.25) is 0 Å². The molecule has 0 spiro atoms. The average molecular weight is 507 g/mol. The molecule has 3 amide bonds. The van der Waals surface area contributed by atoms with Gasteiger partial charge in [0.25, 0.3) is 0 Å². The highest BCUT2D eigenvalue weighted by Gasteiger charge is 2.39. The molecule has 2 fully saturated rings. The summed E-state index contributed by atoms with van der Waals surface area (Å²) in [6.45, 7) is 17.3. The van der Waals surface area contributed by atoms with E-state index in [0.717, 1.165) is 64.6 Å². The van der Waals surface area contributed by atoms with Crippen LogP contribution in [0.25, 0.3) is 0 Å². The molecule has 1 N–H and O–H groups in total. The minimum Gasteiger partial charge on any atom is -0.343 e. The summed E-state index contributed by atoms with van der Waals surface area (Å²) in [4.78, 5) is 45.9. The Hall–Kier alpha value is -1.63. The standard InChI is InChI=1S/C29H54N4O3/c1-7-9-14-31(15-10-8-2)27(34)21-24-11-16-32(17-12-24)29(36)26(20-23(5)6)33-18-13-30-25(28(33)35)19-22(3)4/h22-26,30H,7-21H2,1-6H3/t25-,26-/m0/s1. The largest absolute Gasteiger partial charge is 0.343 e. The molecular formula is C29H54N4O3. The second-order valence-electron chi connectivity index (χ2n) is 11.9. The van der Waals surface area contributed by atoms with Crippen LogP contribution < -0.4 is 5.32 Å². The van der Waals surface area contributed by atoms with E-state index in [1.54, 1.807) is 0 Å². The monoisotopic (exact) mass is 506 g/mol. The third-order valence-corrected chi connectivity index (χ3v) is 7.69. The fourth-order valence-corrected chi connectivity index (χ4v) is 5.53. The first-order chi connectivity index (χ1) is 17.2. The number of piperazine rings is 1. The Labute approximate surface area is 220 Å². The number of rotatable bonds is 14. The highest BCUT2D eigenvalue weighted by molar-refractivity contribution is 5.90. The molecule has 0 aromatic carbocycles. The van der Waals surface area contributed by atoms with Gasteiger partial charge < -0.3 is 20.0 Å². The van der Waals surface area contributed by atoms with Gasteiger partial charge in [-0.05, 0) is 56.3 Å². The first kappa shape index (κ1) is 30.6. The Morgan fingerprint density at radius 3 is 2.11 bits per heavy atom. The molecule has 208 valence electrons. The first-order valence-electron chi connectivity index (χ1n) is 14.8. The molecular weight excluding hydrogens is 452 g/mol. The SMILES string of the molecule is CCCCN(CCCC)C(=O)CC1CCN(C(=O)[C@H](CC(C)C)N2CCN[C@@H](CC(C)C)C2=O)CC1. The number of unbranched alkanes of at least 4 members (excludes halogenated alkanes) is 2. The van der Waals surface area contributed by atoms with Gasteiger partial charge in [0.1, 0.15) is 6.04 Å². The van der Waals surface area contributed by atoms with Gasteiger partial charge in [0.05, 0.1) is 6.04 Å². The molecule has 2 heterocycles. The number of amides is 3. The summed E-state index contributed by atoms with van der Waals surface area (Å²) in [7, 11) is 0. The lowest BCUT2D eigenvalue weighted by Crippen LogP contribution is -2.62. The number of nitrogens with zero attached hydrogens (tertiary/aromatic N) is 3. The minimum absolute atomic E-state index is 0.0775. The van der Waals surface area contributed by atoms with E-state index < -0.39 is 0 Å². The van der Waals surface area contributed by atoms with Crippen molar-refractivity contribution in [1.82, 2.24) is 20.0 Å². The topological polar surface area (TPSA) is 73.0 Å². The van der Waals surface area contributed by atoms with Gasteiger partial charge in [-0.1, -0.05) is 54.4 Å². The van der Waals surface area contributed by atoms with Crippen molar-refractivity contribution in [2.75, 3.05) is 39.3 Å². The minimum atomic E-state index is -0.383. The van der Waals surface area contributed by atoms with E-state index >= 15 is 0 Å². The van der Waals surface area contributed by atoms with Gasteiger partial charge in [0, 0.05) is 45.7 Å². The van der Waals surface area contributed by atoms with Gasteiger partial charge in [-0.3, -0.25) is 14.4 Å². The van der Waals surface area contributed by atoms with E-state index in [-0.39, 0.29) is 29.8 Å². The van der Waals surface area contributed by atoms with Crippen molar-refractivity contribution in [3.05, 3.63) is 0 Å². The van der Waals surface area contributed by atoms with E-state index in [9.17, 15) is 14.4 Å². The molecule has 0 unspecified atom stereocenters. The summed E-state index contributed by atoms with van der Waals surface area (Å²) >= 11 is 0. The summed E-state index contributed by atoms with van der Waals surface area (Å²) in [6, 6.07) is -0.577. The zero-order valence-electron chi connectivity index (χ0n) is 24.1.